The van der Waals surface area contributed by atoms with Crippen LogP contribution in [-0.4, -0.2) is 29.2 Å². The second-order valence-corrected chi connectivity index (χ2v) is 8.79. The van der Waals surface area contributed by atoms with E-state index in [9.17, 15) is 4.79 Å². The summed E-state index contributed by atoms with van der Waals surface area (Å²) in [5.74, 6) is 0.809. The van der Waals surface area contributed by atoms with Crippen LogP contribution in [0.2, 0.25) is 5.02 Å². The molecule has 1 aromatic heterocycles. The molecule has 6 heteroatoms. The van der Waals surface area contributed by atoms with Crippen molar-refractivity contribution in [3.63, 3.8) is 0 Å². The highest BCUT2D eigenvalue weighted by molar-refractivity contribution is 6.30. The average molecular weight is 449 g/mol. The first-order valence-electron chi connectivity index (χ1n) is 11.4. The predicted octanol–water partition coefficient (Wildman–Crippen LogP) is 5.99. The minimum atomic E-state index is -0.0683. The Labute approximate surface area is 194 Å². The largest absolute Gasteiger partial charge is 0.354 e. The van der Waals surface area contributed by atoms with Crippen LogP contribution in [0.25, 0.3) is 11.3 Å². The third-order valence-corrected chi connectivity index (χ3v) is 6.20. The molecule has 2 heterocycles. The number of unbranched alkanes of at least 4 members (excludes halogenated alkanes) is 1. The van der Waals surface area contributed by atoms with Crippen LogP contribution < -0.4 is 10.2 Å². The molecule has 0 aliphatic carbocycles. The molecule has 0 spiro atoms. The molecule has 1 saturated heterocycles. The molecule has 32 heavy (non-hydrogen) atoms. The van der Waals surface area contributed by atoms with Gasteiger partial charge in [0.2, 0.25) is 5.91 Å². The monoisotopic (exact) mass is 448 g/mol. The summed E-state index contributed by atoms with van der Waals surface area (Å²) in [4.78, 5) is 15.0. The van der Waals surface area contributed by atoms with Crippen LogP contribution in [0, 0.1) is 5.92 Å². The third-order valence-electron chi connectivity index (χ3n) is 5.95. The van der Waals surface area contributed by atoms with Gasteiger partial charge in [0.1, 0.15) is 0 Å². The van der Waals surface area contributed by atoms with Gasteiger partial charge >= 0.3 is 0 Å². The molecule has 1 N–H and O–H groups in total. The summed E-state index contributed by atoms with van der Waals surface area (Å²) in [6, 6.07) is 19.7. The van der Waals surface area contributed by atoms with Gasteiger partial charge in [-0.15, -0.1) is 10.2 Å². The number of piperidine rings is 1. The van der Waals surface area contributed by atoms with Crippen molar-refractivity contribution in [1.29, 1.82) is 0 Å². The standard InChI is InChI=1S/C26H29ClN4O/c1-2-3-5-19-7-13-23(14-8-19)28-26(32)21-6-4-17-31(18-21)25-16-15-24(29-30-25)20-9-11-22(27)12-10-20/h7-16,21H,2-6,17-18H2,1H3,(H,28,32)/t21-/m0/s1. The van der Waals surface area contributed by atoms with Crippen molar-refractivity contribution in [3.05, 3.63) is 71.2 Å². The third kappa shape index (κ3) is 5.65. The van der Waals surface area contributed by atoms with Crippen molar-refractivity contribution in [2.24, 2.45) is 5.92 Å². The Morgan fingerprint density at radius 1 is 1.06 bits per heavy atom. The van der Waals surface area contributed by atoms with E-state index in [2.05, 4.69) is 39.5 Å². The molecule has 0 unspecified atom stereocenters. The maximum absolute atomic E-state index is 12.9. The highest BCUT2D eigenvalue weighted by Crippen LogP contribution is 2.25. The van der Waals surface area contributed by atoms with Gasteiger partial charge in [0, 0.05) is 29.4 Å². The summed E-state index contributed by atoms with van der Waals surface area (Å²) >= 11 is 5.97. The quantitative estimate of drug-likeness (QED) is 0.482. The molecule has 1 fully saturated rings. The number of benzene rings is 2. The van der Waals surface area contributed by atoms with Gasteiger partial charge in [0.25, 0.3) is 0 Å². The Kier molecular flexibility index (Phi) is 7.38. The molecule has 3 aromatic rings. The van der Waals surface area contributed by atoms with Crippen molar-refractivity contribution in [1.82, 2.24) is 10.2 Å². The van der Waals surface area contributed by atoms with Crippen LogP contribution in [0.3, 0.4) is 0 Å². The van der Waals surface area contributed by atoms with Gasteiger partial charge in [-0.3, -0.25) is 4.79 Å². The van der Waals surface area contributed by atoms with E-state index >= 15 is 0 Å². The summed E-state index contributed by atoms with van der Waals surface area (Å²) in [6.07, 6.45) is 5.29. The molecule has 0 saturated carbocycles. The van der Waals surface area contributed by atoms with Crippen LogP contribution in [0.4, 0.5) is 11.5 Å². The van der Waals surface area contributed by atoms with E-state index in [4.69, 9.17) is 11.6 Å². The number of nitrogens with one attached hydrogen (secondary N) is 1. The van der Waals surface area contributed by atoms with Crippen molar-refractivity contribution in [2.45, 2.75) is 39.0 Å². The lowest BCUT2D eigenvalue weighted by Gasteiger charge is -2.32. The topological polar surface area (TPSA) is 58.1 Å². The highest BCUT2D eigenvalue weighted by atomic mass is 35.5. The number of anilines is 2. The van der Waals surface area contributed by atoms with E-state index in [1.165, 1.54) is 18.4 Å². The van der Waals surface area contributed by atoms with E-state index in [0.717, 1.165) is 48.6 Å². The lowest BCUT2D eigenvalue weighted by molar-refractivity contribution is -0.120. The normalized spacial score (nSPS) is 16.1. The molecule has 0 radical (unpaired) electrons. The summed E-state index contributed by atoms with van der Waals surface area (Å²) < 4.78 is 0. The molecule has 2 aromatic carbocycles. The smallest absolute Gasteiger partial charge is 0.229 e. The van der Waals surface area contributed by atoms with Crippen LogP contribution in [-0.2, 0) is 11.2 Å². The lowest BCUT2D eigenvalue weighted by atomic mass is 9.97. The minimum Gasteiger partial charge on any atom is -0.354 e. The first-order chi connectivity index (χ1) is 15.6. The number of aryl methyl sites for hydroxylation is 1. The van der Waals surface area contributed by atoms with E-state index in [1.54, 1.807) is 0 Å². The van der Waals surface area contributed by atoms with Crippen LogP contribution in [0.5, 0.6) is 0 Å². The number of aromatic nitrogens is 2. The minimum absolute atomic E-state index is 0.0683. The molecule has 166 valence electrons. The maximum Gasteiger partial charge on any atom is 0.229 e. The summed E-state index contributed by atoms with van der Waals surface area (Å²) in [5, 5.41) is 12.6. The second kappa shape index (κ2) is 10.6. The predicted molar refractivity (Wildman–Crippen MR) is 131 cm³/mol. The molecule has 1 atom stereocenters. The molecule has 1 aliphatic heterocycles. The summed E-state index contributed by atoms with van der Waals surface area (Å²) in [7, 11) is 0. The van der Waals surface area contributed by atoms with Gasteiger partial charge in [-0.25, -0.2) is 0 Å². The molecular formula is C26H29ClN4O. The maximum atomic E-state index is 12.9. The molecule has 0 bridgehead atoms. The van der Waals surface area contributed by atoms with E-state index < -0.39 is 0 Å². The fourth-order valence-electron chi connectivity index (χ4n) is 4.05. The average Bonchev–Trinajstić information content (AvgIpc) is 2.84. The number of amides is 1. The van der Waals surface area contributed by atoms with Crippen molar-refractivity contribution < 1.29 is 4.79 Å². The van der Waals surface area contributed by atoms with Crippen LogP contribution in [0.15, 0.2) is 60.7 Å². The Bertz CT molecular complexity index is 1020. The second-order valence-electron chi connectivity index (χ2n) is 8.36. The number of carbonyl (C=O) groups is 1. The van der Waals surface area contributed by atoms with Crippen molar-refractivity contribution in [3.8, 4) is 11.3 Å². The Hall–Kier alpha value is -2.92. The highest BCUT2D eigenvalue weighted by Gasteiger charge is 2.27. The SMILES string of the molecule is CCCCc1ccc(NC(=O)[C@H]2CCCN(c3ccc(-c4ccc(Cl)cc4)nn3)C2)cc1. The molecular weight excluding hydrogens is 420 g/mol. The molecule has 1 amide bonds. The Balaban J connectivity index is 1.36. The number of carbonyl (C=O) groups excluding carboxylic acids is 1. The van der Waals surface area contributed by atoms with Gasteiger partial charge in [-0.1, -0.05) is 49.2 Å². The van der Waals surface area contributed by atoms with Crippen molar-refractivity contribution in [2.75, 3.05) is 23.3 Å². The molecule has 1 aliphatic rings. The van der Waals surface area contributed by atoms with Crippen molar-refractivity contribution >= 4 is 29.0 Å². The Morgan fingerprint density at radius 2 is 1.84 bits per heavy atom. The van der Waals surface area contributed by atoms with Gasteiger partial charge in [0.15, 0.2) is 5.82 Å². The van der Waals surface area contributed by atoms with Gasteiger partial charge in [-0.05, 0) is 67.6 Å². The van der Waals surface area contributed by atoms with Gasteiger partial charge < -0.3 is 10.2 Å². The number of hydrogen-bond acceptors (Lipinski definition) is 4. The van der Waals surface area contributed by atoms with E-state index in [-0.39, 0.29) is 11.8 Å². The summed E-state index contributed by atoms with van der Waals surface area (Å²) in [6.45, 7) is 3.72. The van der Waals surface area contributed by atoms with E-state index in [0.29, 0.717) is 11.6 Å². The molecule has 5 nitrogen and oxygen atoms in total. The van der Waals surface area contributed by atoms with Gasteiger partial charge in [0.05, 0.1) is 11.6 Å². The molecule has 4 rings (SSSR count). The number of nitrogens with zero attached hydrogens (tertiary/aromatic N) is 3. The fraction of sp³-hybridized carbons (Fsp3) is 0.346. The van der Waals surface area contributed by atoms with Crippen LogP contribution >= 0.6 is 11.6 Å². The zero-order valence-corrected chi connectivity index (χ0v) is 19.2. The fourth-order valence-corrected chi connectivity index (χ4v) is 4.17. The summed E-state index contributed by atoms with van der Waals surface area (Å²) in [5.41, 5.74) is 3.96. The number of halogens is 1. The first-order valence-corrected chi connectivity index (χ1v) is 11.7. The number of hydrogen-bond donors (Lipinski definition) is 1. The lowest BCUT2D eigenvalue weighted by Crippen LogP contribution is -2.41. The first kappa shape index (κ1) is 22.3. The Morgan fingerprint density at radius 3 is 2.53 bits per heavy atom. The van der Waals surface area contributed by atoms with Crippen LogP contribution in [0.1, 0.15) is 38.2 Å². The van der Waals surface area contributed by atoms with Gasteiger partial charge in [-0.2, -0.15) is 0 Å². The zero-order valence-electron chi connectivity index (χ0n) is 18.4. The zero-order chi connectivity index (χ0) is 22.3. The number of rotatable bonds is 7. The van der Waals surface area contributed by atoms with E-state index in [1.807, 2.05) is 48.5 Å².